The topological polar surface area (TPSA) is 168 Å². The lowest BCUT2D eigenvalue weighted by molar-refractivity contribution is -0.124. The van der Waals surface area contributed by atoms with E-state index in [-0.39, 0.29) is 10.9 Å². The van der Waals surface area contributed by atoms with Gasteiger partial charge in [-0.1, -0.05) is 12.1 Å². The van der Waals surface area contributed by atoms with Crippen molar-refractivity contribution >= 4 is 72.7 Å². The number of allylic oxidation sites excluding steroid dienone is 1. The number of methoxy groups -OCH3 is 1. The van der Waals surface area contributed by atoms with Crippen molar-refractivity contribution in [3.05, 3.63) is 54.0 Å². The molecule has 0 radical (unpaired) electrons. The van der Waals surface area contributed by atoms with Gasteiger partial charge in [0, 0.05) is 30.9 Å². The predicted octanol–water partition coefficient (Wildman–Crippen LogP) is 2.91. The second kappa shape index (κ2) is 12.8. The maximum absolute atomic E-state index is 13.1. The molecule has 1 saturated heterocycles. The fourth-order valence-corrected chi connectivity index (χ4v) is 5.95. The highest BCUT2D eigenvalue weighted by molar-refractivity contribution is 7.93. The molecule has 3 aromatic rings. The first kappa shape index (κ1) is 28.8. The number of ether oxygens (including phenoxy) is 2. The minimum absolute atomic E-state index is 0.0373. The van der Waals surface area contributed by atoms with Gasteiger partial charge in [-0.2, -0.15) is 0 Å². The molecule has 3 heterocycles. The molecule has 0 spiro atoms. The summed E-state index contributed by atoms with van der Waals surface area (Å²) < 4.78 is 40.1. The summed E-state index contributed by atoms with van der Waals surface area (Å²) >= 11 is 1.23. The number of hydrogen-bond acceptors (Lipinski definition) is 11. The van der Waals surface area contributed by atoms with Gasteiger partial charge in [0.25, 0.3) is 15.9 Å². The predicted molar refractivity (Wildman–Crippen MR) is 154 cm³/mol. The quantitative estimate of drug-likeness (QED) is 0.118. The number of carbonyl (C=O) groups is 1. The van der Waals surface area contributed by atoms with Gasteiger partial charge in [0.05, 0.1) is 35.4 Å². The molecule has 1 fully saturated rings. The van der Waals surface area contributed by atoms with Crippen LogP contribution in [0.5, 0.6) is 0 Å². The Bertz CT molecular complexity index is 1590. The third-order valence-corrected chi connectivity index (χ3v) is 8.21. The Kier molecular flexibility index (Phi) is 9.21. The number of nitrogens with zero attached hydrogens (tertiary/aromatic N) is 5. The molecule has 0 bridgehead atoms. The number of morpholine rings is 1. The average Bonchev–Trinajstić information content (AvgIpc) is 3.38. The van der Waals surface area contributed by atoms with Crippen LogP contribution in [0.15, 0.2) is 57.5 Å². The number of rotatable bonds is 8. The van der Waals surface area contributed by atoms with Gasteiger partial charge in [-0.3, -0.25) is 14.7 Å². The van der Waals surface area contributed by atoms with Crippen LogP contribution in [0.3, 0.4) is 0 Å². The Hall–Kier alpha value is -4.18. The van der Waals surface area contributed by atoms with Crippen molar-refractivity contribution in [3.63, 3.8) is 0 Å². The van der Waals surface area contributed by atoms with Crippen LogP contribution in [-0.2, 0) is 24.3 Å². The Morgan fingerprint density at radius 3 is 2.62 bits per heavy atom. The molecule has 2 aromatic heterocycles. The number of nitrogens with one attached hydrogen (secondary N) is 2. The number of aliphatic imine (C=N–C) groups is 2. The Balaban J connectivity index is 1.67. The number of hydroxylamine groups is 1. The highest BCUT2D eigenvalue weighted by Crippen LogP contribution is 2.37. The Labute approximate surface area is 234 Å². The summed E-state index contributed by atoms with van der Waals surface area (Å²) in [6.07, 6.45) is 4.09. The van der Waals surface area contributed by atoms with Gasteiger partial charge < -0.3 is 14.4 Å². The van der Waals surface area contributed by atoms with Crippen molar-refractivity contribution in [2.45, 2.75) is 11.8 Å². The number of aromatic nitrogens is 2. The molecular formula is C25H27N7O6S2. The average molecular weight is 586 g/mol. The van der Waals surface area contributed by atoms with Gasteiger partial charge in [0.2, 0.25) is 0 Å². The number of fused-ring (bicyclic) bond motifs is 1. The molecule has 15 heteroatoms. The number of hydrogen-bond donors (Lipinski definition) is 3. The van der Waals surface area contributed by atoms with E-state index in [9.17, 15) is 13.2 Å². The van der Waals surface area contributed by atoms with E-state index in [1.54, 1.807) is 25.1 Å². The van der Waals surface area contributed by atoms with Crippen molar-refractivity contribution in [2.75, 3.05) is 43.0 Å². The molecule has 0 aliphatic carbocycles. The second-order valence-corrected chi connectivity index (χ2v) is 11.1. The molecule has 4 rings (SSSR count). The second-order valence-electron chi connectivity index (χ2n) is 8.37. The molecule has 13 nitrogen and oxygen atoms in total. The first-order chi connectivity index (χ1) is 19.2. The van der Waals surface area contributed by atoms with E-state index >= 15 is 0 Å². The van der Waals surface area contributed by atoms with Crippen LogP contribution in [0, 0.1) is 0 Å². The largest absolute Gasteiger partial charge is 0.467 e. The van der Waals surface area contributed by atoms with Gasteiger partial charge in [0.15, 0.2) is 11.6 Å². The third-order valence-electron chi connectivity index (χ3n) is 5.67. The summed E-state index contributed by atoms with van der Waals surface area (Å²) in [5.74, 6) is 0.396. The lowest BCUT2D eigenvalue weighted by atomic mass is 10.2. The number of anilines is 2. The molecule has 0 atom stereocenters. The fraction of sp³-hybridized carbons (Fsp3) is 0.240. The van der Waals surface area contributed by atoms with Gasteiger partial charge in [-0.25, -0.2) is 33.9 Å². The number of amidine groups is 1. The molecule has 210 valence electrons. The number of sulfonamides is 1. The minimum Gasteiger partial charge on any atom is -0.467 e. The molecule has 0 saturated carbocycles. The summed E-state index contributed by atoms with van der Waals surface area (Å²) in [4.78, 5) is 30.6. The van der Waals surface area contributed by atoms with E-state index in [4.69, 9.17) is 19.7 Å². The summed E-state index contributed by atoms with van der Waals surface area (Å²) in [5, 5.41) is 8.95. The molecule has 1 aromatic carbocycles. The highest BCUT2D eigenvalue weighted by atomic mass is 32.2. The first-order valence-electron chi connectivity index (χ1n) is 11.9. The van der Waals surface area contributed by atoms with Gasteiger partial charge in [-0.15, -0.1) is 11.3 Å². The van der Waals surface area contributed by atoms with Crippen LogP contribution in [0.4, 0.5) is 10.8 Å². The minimum atomic E-state index is -3.93. The standard InChI is InChI=1S/C25H27N7O6S2/c1-16(15-27-25(26-2)37-3)23-28-19-14-21(39-22(19)24(29-23)32-10-12-38-13-11-32)31-40(35,36)18-7-4-17(5-8-18)6-9-20(33)30-34/h4-9,14-15,31,34H,2,10-13H2,1,3H3,(H,30,33)/b9-6+,16-15+,27-25+. The lowest BCUT2D eigenvalue weighted by Crippen LogP contribution is -2.37. The maximum Gasteiger partial charge on any atom is 0.315 e. The number of amides is 1. The molecule has 1 amide bonds. The SMILES string of the molecule is C=N/C(=N\C=C(/C)c1nc(N2CCOCC2)c2sc(NS(=O)(=O)c3ccc(/C=C/C(=O)NO)cc3)cc2n1)OC. The van der Waals surface area contributed by atoms with Crippen LogP contribution >= 0.6 is 11.3 Å². The van der Waals surface area contributed by atoms with E-state index in [0.29, 0.717) is 59.6 Å². The molecule has 1 aliphatic rings. The summed E-state index contributed by atoms with van der Waals surface area (Å²) in [6.45, 7) is 7.55. The summed E-state index contributed by atoms with van der Waals surface area (Å²) in [6, 6.07) is 7.70. The maximum atomic E-state index is 13.1. The zero-order chi connectivity index (χ0) is 28.7. The third kappa shape index (κ3) is 6.87. The van der Waals surface area contributed by atoms with Gasteiger partial charge >= 0.3 is 6.02 Å². The van der Waals surface area contributed by atoms with Crippen molar-refractivity contribution < 1.29 is 27.9 Å². The van der Waals surface area contributed by atoms with Crippen LogP contribution in [0.1, 0.15) is 18.3 Å². The molecule has 1 aliphatic heterocycles. The van der Waals surface area contributed by atoms with Crippen LogP contribution < -0.4 is 15.1 Å². The van der Waals surface area contributed by atoms with E-state index < -0.39 is 15.9 Å². The summed E-state index contributed by atoms with van der Waals surface area (Å²) in [5.41, 5.74) is 3.29. The Morgan fingerprint density at radius 1 is 1.25 bits per heavy atom. The van der Waals surface area contributed by atoms with E-state index in [0.717, 1.165) is 10.8 Å². The fourth-order valence-electron chi connectivity index (χ4n) is 3.66. The molecular weight excluding hydrogens is 558 g/mol. The number of thiophene rings is 1. The first-order valence-corrected chi connectivity index (χ1v) is 14.2. The van der Waals surface area contributed by atoms with Gasteiger partial charge in [-0.05, 0) is 43.5 Å². The lowest BCUT2D eigenvalue weighted by Gasteiger charge is -2.28. The number of carbonyl (C=O) groups excluding carboxylic acids is 1. The van der Waals surface area contributed by atoms with E-state index in [1.165, 1.54) is 48.3 Å². The van der Waals surface area contributed by atoms with Crippen molar-refractivity contribution in [1.29, 1.82) is 0 Å². The van der Waals surface area contributed by atoms with Crippen molar-refractivity contribution in [1.82, 2.24) is 15.4 Å². The monoisotopic (exact) mass is 585 g/mol. The van der Waals surface area contributed by atoms with Crippen LogP contribution in [-0.4, -0.2) is 75.7 Å². The number of benzene rings is 1. The van der Waals surface area contributed by atoms with Crippen LogP contribution in [0.2, 0.25) is 0 Å². The Morgan fingerprint density at radius 2 is 1.98 bits per heavy atom. The molecule has 0 unspecified atom stereocenters. The smallest absolute Gasteiger partial charge is 0.315 e. The van der Waals surface area contributed by atoms with E-state index in [1.807, 2.05) is 0 Å². The highest BCUT2D eigenvalue weighted by Gasteiger charge is 2.22. The molecule has 3 N–H and O–H groups in total. The zero-order valence-electron chi connectivity index (χ0n) is 21.7. The van der Waals surface area contributed by atoms with Crippen molar-refractivity contribution in [3.8, 4) is 0 Å². The summed E-state index contributed by atoms with van der Waals surface area (Å²) in [7, 11) is -2.49. The van der Waals surface area contributed by atoms with Crippen molar-refractivity contribution in [2.24, 2.45) is 9.98 Å². The van der Waals surface area contributed by atoms with E-state index in [2.05, 4.69) is 31.3 Å². The normalized spacial score (nSPS) is 14.9. The zero-order valence-corrected chi connectivity index (χ0v) is 23.3. The van der Waals surface area contributed by atoms with Crippen LogP contribution in [0.25, 0.3) is 21.9 Å². The molecule has 40 heavy (non-hydrogen) atoms. The van der Waals surface area contributed by atoms with Gasteiger partial charge in [0.1, 0.15) is 5.00 Å².